The monoisotopic (exact) mass is 426 g/mol. The van der Waals surface area contributed by atoms with Crippen molar-refractivity contribution in [3.63, 3.8) is 0 Å². The fourth-order valence-electron chi connectivity index (χ4n) is 2.83. The van der Waals surface area contributed by atoms with Crippen molar-refractivity contribution in [3.05, 3.63) is 57.6 Å². The molecule has 2 aromatic carbocycles. The summed E-state index contributed by atoms with van der Waals surface area (Å²) in [5.74, 6) is 0.551. The number of ether oxygens (including phenoxy) is 5. The molecule has 1 aliphatic rings. The van der Waals surface area contributed by atoms with Crippen molar-refractivity contribution in [3.8, 4) is 29.1 Å². The standard InChI is InChI=1S/C21H18N2O8/c1-3-28-21(24)7-5-13-4-6-14(27-2)8-17(13)31-20(11-22)15-9-18-19(30-12-29-18)10-16(15)23(25)26/h4-10,20H,3,12H2,1-2H3/b7-5+. The Morgan fingerprint density at radius 3 is 2.71 bits per heavy atom. The third-order valence-corrected chi connectivity index (χ3v) is 4.27. The zero-order valence-electron chi connectivity index (χ0n) is 16.7. The molecule has 0 fully saturated rings. The minimum atomic E-state index is -1.35. The van der Waals surface area contributed by atoms with Crippen LogP contribution in [0.5, 0.6) is 23.0 Å². The lowest BCUT2D eigenvalue weighted by molar-refractivity contribution is -0.386. The van der Waals surface area contributed by atoms with E-state index in [9.17, 15) is 20.2 Å². The minimum absolute atomic E-state index is 0.0000998. The minimum Gasteiger partial charge on any atom is -0.497 e. The molecule has 0 spiro atoms. The van der Waals surface area contributed by atoms with E-state index in [4.69, 9.17) is 23.7 Å². The lowest BCUT2D eigenvalue weighted by Crippen LogP contribution is -2.09. The van der Waals surface area contributed by atoms with Crippen LogP contribution >= 0.6 is 0 Å². The molecule has 0 bridgehead atoms. The SMILES string of the molecule is CCOC(=O)/C=C/c1ccc(OC)cc1OC(C#N)c1cc2c(cc1[N+](=O)[O-])OCO2. The van der Waals surface area contributed by atoms with Crippen molar-refractivity contribution in [1.29, 1.82) is 5.26 Å². The smallest absolute Gasteiger partial charge is 0.330 e. The summed E-state index contributed by atoms with van der Waals surface area (Å²) in [4.78, 5) is 22.6. The summed E-state index contributed by atoms with van der Waals surface area (Å²) in [5, 5.41) is 21.3. The van der Waals surface area contributed by atoms with Gasteiger partial charge in [0.2, 0.25) is 12.9 Å². The number of hydrogen-bond acceptors (Lipinski definition) is 9. The molecular weight excluding hydrogens is 408 g/mol. The van der Waals surface area contributed by atoms with Gasteiger partial charge in [-0.25, -0.2) is 4.79 Å². The van der Waals surface area contributed by atoms with Gasteiger partial charge in [-0.05, 0) is 31.2 Å². The van der Waals surface area contributed by atoms with E-state index in [0.29, 0.717) is 11.3 Å². The van der Waals surface area contributed by atoms with E-state index in [1.165, 1.54) is 37.5 Å². The van der Waals surface area contributed by atoms with E-state index >= 15 is 0 Å². The van der Waals surface area contributed by atoms with Gasteiger partial charge in [0.25, 0.3) is 5.69 Å². The second-order valence-corrected chi connectivity index (χ2v) is 6.14. The largest absolute Gasteiger partial charge is 0.497 e. The molecule has 0 N–H and O–H groups in total. The number of methoxy groups -OCH3 is 1. The Hall–Kier alpha value is -4.26. The molecule has 10 nitrogen and oxygen atoms in total. The predicted octanol–water partition coefficient (Wildman–Crippen LogP) is 3.55. The lowest BCUT2D eigenvalue weighted by atomic mass is 10.1. The summed E-state index contributed by atoms with van der Waals surface area (Å²) in [6.45, 7) is 1.83. The predicted molar refractivity (Wildman–Crippen MR) is 107 cm³/mol. The summed E-state index contributed by atoms with van der Waals surface area (Å²) < 4.78 is 26.3. The van der Waals surface area contributed by atoms with Crippen LogP contribution in [0.15, 0.2) is 36.4 Å². The van der Waals surface area contributed by atoms with E-state index in [1.807, 2.05) is 6.07 Å². The zero-order chi connectivity index (χ0) is 22.4. The van der Waals surface area contributed by atoms with Crippen molar-refractivity contribution in [2.45, 2.75) is 13.0 Å². The number of carbonyl (C=O) groups is 1. The first-order valence-electron chi connectivity index (χ1n) is 9.13. The van der Waals surface area contributed by atoms with Gasteiger partial charge in [0.05, 0.1) is 30.3 Å². The van der Waals surface area contributed by atoms with Gasteiger partial charge in [0, 0.05) is 17.7 Å². The van der Waals surface area contributed by atoms with Crippen LogP contribution in [0.1, 0.15) is 24.2 Å². The number of nitriles is 1. The topological polar surface area (TPSA) is 130 Å². The molecule has 0 saturated carbocycles. The average Bonchev–Trinajstić information content (AvgIpc) is 3.23. The van der Waals surface area contributed by atoms with Gasteiger partial charge in [-0.1, -0.05) is 0 Å². The third-order valence-electron chi connectivity index (χ3n) is 4.27. The first-order chi connectivity index (χ1) is 15.0. The van der Waals surface area contributed by atoms with Crippen molar-refractivity contribution < 1.29 is 33.4 Å². The normalized spacial score (nSPS) is 12.8. The fourth-order valence-corrected chi connectivity index (χ4v) is 2.83. The number of nitrogens with zero attached hydrogens (tertiary/aromatic N) is 2. The molecule has 160 valence electrons. The van der Waals surface area contributed by atoms with E-state index < -0.39 is 17.0 Å². The van der Waals surface area contributed by atoms with Crippen molar-refractivity contribution >= 4 is 17.7 Å². The number of fused-ring (bicyclic) bond motifs is 1. The Morgan fingerprint density at radius 2 is 2.06 bits per heavy atom. The molecule has 2 aromatic rings. The number of nitro groups is 1. The highest BCUT2D eigenvalue weighted by Gasteiger charge is 2.29. The molecule has 0 aliphatic carbocycles. The highest BCUT2D eigenvalue weighted by molar-refractivity contribution is 5.87. The average molecular weight is 426 g/mol. The van der Waals surface area contributed by atoms with Crippen LogP contribution in [0.25, 0.3) is 6.08 Å². The molecule has 1 aliphatic heterocycles. The Morgan fingerprint density at radius 1 is 1.32 bits per heavy atom. The van der Waals surface area contributed by atoms with Gasteiger partial charge in [-0.15, -0.1) is 0 Å². The molecular formula is C21H18N2O8. The maximum Gasteiger partial charge on any atom is 0.330 e. The van der Waals surface area contributed by atoms with Gasteiger partial charge in [0.1, 0.15) is 17.6 Å². The Labute approximate surface area is 177 Å². The number of benzene rings is 2. The summed E-state index contributed by atoms with van der Waals surface area (Å²) in [5.41, 5.74) is 0.0969. The maximum absolute atomic E-state index is 11.7. The van der Waals surface area contributed by atoms with Crippen LogP contribution in [-0.4, -0.2) is 31.4 Å². The van der Waals surface area contributed by atoms with E-state index in [0.717, 1.165) is 0 Å². The van der Waals surface area contributed by atoms with Crippen molar-refractivity contribution in [1.82, 2.24) is 0 Å². The molecule has 31 heavy (non-hydrogen) atoms. The van der Waals surface area contributed by atoms with Crippen LogP contribution < -0.4 is 18.9 Å². The summed E-state index contributed by atoms with van der Waals surface area (Å²) in [6.07, 6.45) is 1.31. The summed E-state index contributed by atoms with van der Waals surface area (Å²) >= 11 is 0. The van der Waals surface area contributed by atoms with Crippen molar-refractivity contribution in [2.75, 3.05) is 20.5 Å². The quantitative estimate of drug-likeness (QED) is 0.269. The number of esters is 1. The van der Waals surface area contributed by atoms with Crippen LogP contribution in [0, 0.1) is 21.4 Å². The number of hydrogen-bond donors (Lipinski definition) is 0. The molecule has 1 atom stereocenters. The van der Waals surface area contributed by atoms with Crippen LogP contribution in [0.2, 0.25) is 0 Å². The summed E-state index contributed by atoms with van der Waals surface area (Å²) in [7, 11) is 1.46. The van der Waals surface area contributed by atoms with Crippen LogP contribution in [0.3, 0.4) is 0 Å². The highest BCUT2D eigenvalue weighted by Crippen LogP contribution is 2.41. The molecule has 0 radical (unpaired) electrons. The number of carbonyl (C=O) groups excluding carboxylic acids is 1. The number of nitro benzene ring substituents is 1. The molecule has 10 heteroatoms. The van der Waals surface area contributed by atoms with Gasteiger partial charge >= 0.3 is 5.97 Å². The second-order valence-electron chi connectivity index (χ2n) is 6.14. The molecule has 1 heterocycles. The Kier molecular flexibility index (Phi) is 6.57. The van der Waals surface area contributed by atoms with E-state index in [1.54, 1.807) is 19.1 Å². The summed E-state index contributed by atoms with van der Waals surface area (Å²) in [6, 6.07) is 9.23. The highest BCUT2D eigenvalue weighted by atomic mass is 16.7. The van der Waals surface area contributed by atoms with E-state index in [-0.39, 0.29) is 41.9 Å². The first kappa shape index (κ1) is 21.4. The third kappa shape index (κ3) is 4.84. The lowest BCUT2D eigenvalue weighted by Gasteiger charge is -2.16. The molecule has 0 amide bonds. The van der Waals surface area contributed by atoms with Gasteiger partial charge < -0.3 is 23.7 Å². The van der Waals surface area contributed by atoms with Gasteiger partial charge in [-0.3, -0.25) is 10.1 Å². The second kappa shape index (κ2) is 9.49. The van der Waals surface area contributed by atoms with E-state index in [2.05, 4.69) is 0 Å². The zero-order valence-corrected chi connectivity index (χ0v) is 16.7. The Balaban J connectivity index is 1.99. The van der Waals surface area contributed by atoms with Gasteiger partial charge in [-0.2, -0.15) is 5.26 Å². The van der Waals surface area contributed by atoms with Crippen LogP contribution in [0.4, 0.5) is 5.69 Å². The maximum atomic E-state index is 11.7. The Bertz CT molecular complexity index is 1070. The fraction of sp³-hybridized carbons (Fsp3) is 0.238. The molecule has 0 aromatic heterocycles. The van der Waals surface area contributed by atoms with Crippen molar-refractivity contribution in [2.24, 2.45) is 0 Å². The van der Waals surface area contributed by atoms with Gasteiger partial charge in [0.15, 0.2) is 11.5 Å². The number of rotatable bonds is 8. The first-order valence-corrected chi connectivity index (χ1v) is 9.13. The molecule has 3 rings (SSSR count). The molecule has 0 saturated heterocycles. The van der Waals surface area contributed by atoms with Crippen LogP contribution in [-0.2, 0) is 9.53 Å². The molecule has 1 unspecified atom stereocenters.